The van der Waals surface area contributed by atoms with Crippen LogP contribution in [0.4, 0.5) is 5.82 Å². The first-order chi connectivity index (χ1) is 10.1. The molecule has 3 heterocycles. The van der Waals surface area contributed by atoms with Gasteiger partial charge in [0.05, 0.1) is 16.0 Å². The van der Waals surface area contributed by atoms with E-state index in [-0.39, 0.29) is 5.91 Å². The van der Waals surface area contributed by atoms with Gasteiger partial charge in [0.2, 0.25) is 0 Å². The number of fused-ring (bicyclic) bond motifs is 1. The quantitative estimate of drug-likeness (QED) is 0.762. The maximum atomic E-state index is 12.3. The molecule has 0 aliphatic rings. The van der Waals surface area contributed by atoms with Crippen LogP contribution in [0.5, 0.6) is 0 Å². The van der Waals surface area contributed by atoms with Gasteiger partial charge in [0.1, 0.15) is 17.8 Å². The monoisotopic (exact) mass is 301 g/mol. The van der Waals surface area contributed by atoms with Crippen molar-refractivity contribution in [2.24, 2.45) is 0 Å². The summed E-state index contributed by atoms with van der Waals surface area (Å²) < 4.78 is 0. The second-order valence-electron chi connectivity index (χ2n) is 4.63. The minimum Gasteiger partial charge on any atom is -0.343 e. The zero-order chi connectivity index (χ0) is 15.0. The summed E-state index contributed by atoms with van der Waals surface area (Å²) in [4.78, 5) is 27.6. The number of hydrogen-bond acceptors (Lipinski definition) is 4. The van der Waals surface area contributed by atoms with E-state index in [0.29, 0.717) is 22.1 Å². The van der Waals surface area contributed by atoms with Crippen molar-refractivity contribution < 1.29 is 4.79 Å². The maximum Gasteiger partial charge on any atom is 0.258 e. The number of amides is 1. The van der Waals surface area contributed by atoms with Gasteiger partial charge in [0.25, 0.3) is 5.91 Å². The lowest BCUT2D eigenvalue weighted by Crippen LogP contribution is -2.14. The number of rotatable bonds is 2. The van der Waals surface area contributed by atoms with E-state index >= 15 is 0 Å². The van der Waals surface area contributed by atoms with Gasteiger partial charge in [0, 0.05) is 18.1 Å². The van der Waals surface area contributed by atoms with E-state index in [9.17, 15) is 4.79 Å². The number of nitrogens with one attached hydrogen (secondary N) is 2. The first-order valence-corrected chi connectivity index (χ1v) is 6.66. The van der Waals surface area contributed by atoms with E-state index in [1.54, 1.807) is 6.07 Å². The van der Waals surface area contributed by atoms with Gasteiger partial charge in [0.15, 0.2) is 0 Å². The van der Waals surface area contributed by atoms with Gasteiger partial charge in [-0.1, -0.05) is 11.6 Å². The Morgan fingerprint density at radius 1 is 1.33 bits per heavy atom. The average Bonchev–Trinajstić information content (AvgIpc) is 2.75. The molecule has 0 atom stereocenters. The molecule has 7 heteroatoms. The molecule has 1 amide bonds. The first kappa shape index (κ1) is 13.5. The number of H-pyrrole nitrogens is 1. The van der Waals surface area contributed by atoms with Gasteiger partial charge in [-0.3, -0.25) is 9.78 Å². The molecule has 0 spiro atoms. The van der Waals surface area contributed by atoms with Crippen LogP contribution in [0.3, 0.4) is 0 Å². The standard InChI is InChI=1S/C14H12ClN5O/c1-7-8(2)19-12-11(7)13(18-6-17-12)20-14(21)9-3-4-16-5-10(9)15/h3-6H,1-2H3,(H2,17,18,19,20,21). The number of halogens is 1. The van der Waals surface area contributed by atoms with E-state index in [1.807, 2.05) is 13.8 Å². The lowest BCUT2D eigenvalue weighted by atomic mass is 10.2. The van der Waals surface area contributed by atoms with E-state index in [1.165, 1.54) is 18.7 Å². The molecule has 21 heavy (non-hydrogen) atoms. The molecule has 6 nitrogen and oxygen atoms in total. The molecule has 0 saturated carbocycles. The highest BCUT2D eigenvalue weighted by molar-refractivity contribution is 6.34. The molecule has 3 rings (SSSR count). The Bertz CT molecular complexity index is 842. The van der Waals surface area contributed by atoms with Gasteiger partial charge < -0.3 is 10.3 Å². The van der Waals surface area contributed by atoms with Crippen molar-refractivity contribution in [2.75, 3.05) is 5.32 Å². The van der Waals surface area contributed by atoms with Crippen molar-refractivity contribution >= 4 is 34.4 Å². The third kappa shape index (κ3) is 2.34. The molecule has 0 bridgehead atoms. The van der Waals surface area contributed by atoms with Crippen LogP contribution in [0.25, 0.3) is 11.0 Å². The van der Waals surface area contributed by atoms with Crippen molar-refractivity contribution in [1.29, 1.82) is 0 Å². The minimum atomic E-state index is -0.333. The summed E-state index contributed by atoms with van der Waals surface area (Å²) in [5.41, 5.74) is 3.03. The molecule has 2 N–H and O–H groups in total. The lowest BCUT2D eigenvalue weighted by Gasteiger charge is -2.07. The van der Waals surface area contributed by atoms with Crippen molar-refractivity contribution in [3.8, 4) is 0 Å². The van der Waals surface area contributed by atoms with Gasteiger partial charge in [-0.2, -0.15) is 0 Å². The maximum absolute atomic E-state index is 12.3. The zero-order valence-corrected chi connectivity index (χ0v) is 12.2. The first-order valence-electron chi connectivity index (χ1n) is 6.28. The molecule has 0 saturated heterocycles. The summed E-state index contributed by atoms with van der Waals surface area (Å²) in [5, 5.41) is 3.87. The molecule has 0 fully saturated rings. The molecule has 3 aromatic rings. The number of aromatic nitrogens is 4. The molecular weight excluding hydrogens is 290 g/mol. The smallest absolute Gasteiger partial charge is 0.258 e. The second-order valence-corrected chi connectivity index (χ2v) is 5.04. The highest BCUT2D eigenvalue weighted by Crippen LogP contribution is 2.26. The Balaban J connectivity index is 2.03. The molecular formula is C14H12ClN5O. The van der Waals surface area contributed by atoms with E-state index in [4.69, 9.17) is 11.6 Å². The summed E-state index contributed by atoms with van der Waals surface area (Å²) in [6.07, 6.45) is 4.35. The highest BCUT2D eigenvalue weighted by Gasteiger charge is 2.16. The number of anilines is 1. The fourth-order valence-electron chi connectivity index (χ4n) is 2.12. The topological polar surface area (TPSA) is 83.6 Å². The molecule has 0 radical (unpaired) electrons. The number of pyridine rings is 1. The predicted molar refractivity (Wildman–Crippen MR) is 80.6 cm³/mol. The van der Waals surface area contributed by atoms with E-state index in [2.05, 4.69) is 25.3 Å². The summed E-state index contributed by atoms with van der Waals surface area (Å²) in [6.45, 7) is 3.90. The Morgan fingerprint density at radius 2 is 2.14 bits per heavy atom. The lowest BCUT2D eigenvalue weighted by molar-refractivity contribution is 0.102. The SMILES string of the molecule is Cc1[nH]c2ncnc(NC(=O)c3ccncc3Cl)c2c1C. The third-order valence-corrected chi connectivity index (χ3v) is 3.64. The fraction of sp³-hybridized carbons (Fsp3) is 0.143. The van der Waals surface area contributed by atoms with Crippen LogP contribution in [0, 0.1) is 13.8 Å². The van der Waals surface area contributed by atoms with Crippen LogP contribution in [0.2, 0.25) is 5.02 Å². The molecule has 0 aliphatic heterocycles. The second kappa shape index (κ2) is 5.14. The van der Waals surface area contributed by atoms with Crippen LogP contribution in [0.15, 0.2) is 24.8 Å². The summed E-state index contributed by atoms with van der Waals surface area (Å²) in [5.74, 6) is 0.125. The van der Waals surface area contributed by atoms with Crippen molar-refractivity contribution in [3.63, 3.8) is 0 Å². The number of carbonyl (C=O) groups is 1. The number of hydrogen-bond donors (Lipinski definition) is 2. The van der Waals surface area contributed by atoms with Gasteiger partial charge in [-0.05, 0) is 25.5 Å². The van der Waals surface area contributed by atoms with Gasteiger partial charge in [-0.15, -0.1) is 0 Å². The predicted octanol–water partition coefficient (Wildman–Crippen LogP) is 2.88. The third-order valence-electron chi connectivity index (χ3n) is 3.34. The Morgan fingerprint density at radius 3 is 2.90 bits per heavy atom. The van der Waals surface area contributed by atoms with Crippen LogP contribution >= 0.6 is 11.6 Å². The normalized spacial score (nSPS) is 10.8. The number of carbonyl (C=O) groups excluding carboxylic acids is 1. The van der Waals surface area contributed by atoms with Crippen LogP contribution in [0.1, 0.15) is 21.6 Å². The van der Waals surface area contributed by atoms with Crippen LogP contribution in [-0.2, 0) is 0 Å². The molecule has 0 unspecified atom stereocenters. The number of aromatic amines is 1. The molecule has 3 aromatic heterocycles. The highest BCUT2D eigenvalue weighted by atomic mass is 35.5. The molecule has 0 aliphatic carbocycles. The van der Waals surface area contributed by atoms with Crippen LogP contribution in [-0.4, -0.2) is 25.8 Å². The van der Waals surface area contributed by atoms with Gasteiger partial charge >= 0.3 is 0 Å². The Labute approximate surface area is 125 Å². The molecule has 0 aromatic carbocycles. The van der Waals surface area contributed by atoms with Crippen LogP contribution < -0.4 is 5.32 Å². The number of nitrogens with zero attached hydrogens (tertiary/aromatic N) is 3. The molecule has 106 valence electrons. The van der Waals surface area contributed by atoms with Gasteiger partial charge in [-0.25, -0.2) is 9.97 Å². The van der Waals surface area contributed by atoms with E-state index < -0.39 is 0 Å². The Hall–Kier alpha value is -2.47. The summed E-state index contributed by atoms with van der Waals surface area (Å²) >= 11 is 5.98. The summed E-state index contributed by atoms with van der Waals surface area (Å²) in [7, 11) is 0. The average molecular weight is 302 g/mol. The zero-order valence-electron chi connectivity index (χ0n) is 11.4. The van der Waals surface area contributed by atoms with E-state index in [0.717, 1.165) is 16.6 Å². The Kier molecular flexibility index (Phi) is 3.31. The summed E-state index contributed by atoms with van der Waals surface area (Å²) in [6, 6.07) is 1.56. The largest absolute Gasteiger partial charge is 0.343 e. The fourth-order valence-corrected chi connectivity index (χ4v) is 2.33. The minimum absolute atomic E-state index is 0.294. The van der Waals surface area contributed by atoms with Crippen molar-refractivity contribution in [1.82, 2.24) is 19.9 Å². The van der Waals surface area contributed by atoms with Crippen molar-refractivity contribution in [3.05, 3.63) is 46.6 Å². The van der Waals surface area contributed by atoms with Crippen molar-refractivity contribution in [2.45, 2.75) is 13.8 Å². The number of aryl methyl sites for hydroxylation is 2.